The average molecular weight is 434 g/mol. The number of ether oxygens (including phenoxy) is 1. The molecule has 0 aromatic heterocycles. The minimum atomic E-state index is -0.351. The molecule has 0 aliphatic heterocycles. The number of hydrogen-bond donors (Lipinski definition) is 1. The van der Waals surface area contributed by atoms with Gasteiger partial charge in [-0.1, -0.05) is 46.9 Å². The third-order valence-corrected chi connectivity index (χ3v) is 4.45. The van der Waals surface area contributed by atoms with Gasteiger partial charge >= 0.3 is 0 Å². The van der Waals surface area contributed by atoms with Gasteiger partial charge < -0.3 is 4.74 Å². The van der Waals surface area contributed by atoms with E-state index in [0.717, 1.165) is 5.56 Å². The zero-order chi connectivity index (χ0) is 19.9. The van der Waals surface area contributed by atoms with E-state index in [2.05, 4.69) is 10.5 Å². The Hall–Kier alpha value is -2.53. The smallest absolute Gasteiger partial charge is 0.271 e. The minimum absolute atomic E-state index is 0.333. The van der Waals surface area contributed by atoms with Crippen molar-refractivity contribution >= 4 is 46.9 Å². The fraction of sp³-hybridized carbons (Fsp3) is 0.0476. The Morgan fingerprint density at radius 2 is 1.64 bits per heavy atom. The predicted octanol–water partition coefficient (Wildman–Crippen LogP) is 5.99. The van der Waals surface area contributed by atoms with Crippen LogP contribution in [-0.2, 0) is 6.61 Å². The number of hydrazone groups is 1. The fourth-order valence-corrected chi connectivity index (χ4v) is 2.89. The highest BCUT2D eigenvalue weighted by Gasteiger charge is 2.06. The summed E-state index contributed by atoms with van der Waals surface area (Å²) < 4.78 is 5.85. The van der Waals surface area contributed by atoms with E-state index in [1.54, 1.807) is 48.5 Å². The number of nitrogens with one attached hydrogen (secondary N) is 1. The average Bonchev–Trinajstić information content (AvgIpc) is 2.68. The molecule has 3 rings (SSSR count). The lowest BCUT2D eigenvalue weighted by molar-refractivity contribution is 0.0955. The zero-order valence-electron chi connectivity index (χ0n) is 14.5. The number of hydrogen-bond acceptors (Lipinski definition) is 3. The van der Waals surface area contributed by atoms with Crippen LogP contribution < -0.4 is 10.2 Å². The quantitative estimate of drug-likeness (QED) is 0.383. The Balaban J connectivity index is 1.68. The molecule has 0 fully saturated rings. The van der Waals surface area contributed by atoms with Gasteiger partial charge in [0.1, 0.15) is 12.4 Å². The lowest BCUT2D eigenvalue weighted by atomic mass is 10.2. The van der Waals surface area contributed by atoms with Crippen LogP contribution in [0.1, 0.15) is 21.5 Å². The van der Waals surface area contributed by atoms with E-state index in [-0.39, 0.29) is 5.91 Å². The predicted molar refractivity (Wildman–Crippen MR) is 114 cm³/mol. The van der Waals surface area contributed by atoms with Crippen molar-refractivity contribution in [3.8, 4) is 5.75 Å². The molecule has 3 aromatic rings. The molecule has 28 heavy (non-hydrogen) atoms. The molecule has 142 valence electrons. The van der Waals surface area contributed by atoms with Crippen LogP contribution in [0.3, 0.4) is 0 Å². The number of carbonyl (C=O) groups is 1. The molecule has 4 nitrogen and oxygen atoms in total. The monoisotopic (exact) mass is 432 g/mol. The maximum atomic E-state index is 12.1. The van der Waals surface area contributed by atoms with Crippen LogP contribution >= 0.6 is 34.8 Å². The highest BCUT2D eigenvalue weighted by atomic mass is 35.5. The van der Waals surface area contributed by atoms with Crippen LogP contribution in [0.15, 0.2) is 71.8 Å². The molecule has 0 bridgehead atoms. The van der Waals surface area contributed by atoms with Crippen LogP contribution in [0, 0.1) is 0 Å². The normalized spacial score (nSPS) is 10.8. The van der Waals surface area contributed by atoms with Crippen molar-refractivity contribution in [1.29, 1.82) is 0 Å². The molecule has 0 saturated carbocycles. The maximum Gasteiger partial charge on any atom is 0.271 e. The Bertz CT molecular complexity index is 1000. The first kappa shape index (κ1) is 20.2. The molecule has 0 unspecified atom stereocenters. The summed E-state index contributed by atoms with van der Waals surface area (Å²) in [6.45, 7) is 0.333. The van der Waals surface area contributed by atoms with Gasteiger partial charge in [0.15, 0.2) is 0 Å². The summed E-state index contributed by atoms with van der Waals surface area (Å²) in [7, 11) is 0. The first-order valence-corrected chi connectivity index (χ1v) is 9.40. The zero-order valence-corrected chi connectivity index (χ0v) is 16.8. The molecule has 0 radical (unpaired) electrons. The van der Waals surface area contributed by atoms with Gasteiger partial charge in [-0.25, -0.2) is 5.43 Å². The summed E-state index contributed by atoms with van der Waals surface area (Å²) in [6, 6.07) is 19.1. The summed E-state index contributed by atoms with van der Waals surface area (Å²) in [5.41, 5.74) is 4.48. The van der Waals surface area contributed by atoms with Crippen molar-refractivity contribution in [2.24, 2.45) is 5.10 Å². The van der Waals surface area contributed by atoms with Gasteiger partial charge in [-0.2, -0.15) is 5.10 Å². The van der Waals surface area contributed by atoms with Crippen molar-refractivity contribution in [1.82, 2.24) is 5.43 Å². The van der Waals surface area contributed by atoms with E-state index in [0.29, 0.717) is 38.6 Å². The summed E-state index contributed by atoms with van der Waals surface area (Å²) in [6.07, 6.45) is 1.48. The molecular weight excluding hydrogens is 419 g/mol. The van der Waals surface area contributed by atoms with E-state index >= 15 is 0 Å². The van der Waals surface area contributed by atoms with Crippen LogP contribution in [0.25, 0.3) is 0 Å². The minimum Gasteiger partial charge on any atom is -0.488 e. The SMILES string of the molecule is O=C(N/N=C\c1cc(Cl)ccc1OCc1cccc(Cl)c1)c1ccc(Cl)cc1. The van der Waals surface area contributed by atoms with E-state index in [4.69, 9.17) is 39.5 Å². The second kappa shape index (κ2) is 9.60. The number of halogens is 3. The molecule has 1 N–H and O–H groups in total. The molecule has 0 spiro atoms. The third-order valence-electron chi connectivity index (χ3n) is 3.73. The lowest BCUT2D eigenvalue weighted by Gasteiger charge is -2.10. The fourth-order valence-electron chi connectivity index (χ4n) is 2.37. The van der Waals surface area contributed by atoms with Gasteiger partial charge in [-0.3, -0.25) is 4.79 Å². The van der Waals surface area contributed by atoms with Crippen LogP contribution in [0.2, 0.25) is 15.1 Å². The number of rotatable bonds is 6. The summed E-state index contributed by atoms with van der Waals surface area (Å²) in [5, 5.41) is 5.72. The lowest BCUT2D eigenvalue weighted by Crippen LogP contribution is -2.17. The summed E-state index contributed by atoms with van der Waals surface area (Å²) in [4.78, 5) is 12.1. The molecule has 3 aromatic carbocycles. The van der Waals surface area contributed by atoms with Crippen molar-refractivity contribution < 1.29 is 9.53 Å². The number of carbonyl (C=O) groups excluding carboxylic acids is 1. The molecule has 0 aliphatic rings. The van der Waals surface area contributed by atoms with Crippen molar-refractivity contribution in [3.63, 3.8) is 0 Å². The van der Waals surface area contributed by atoms with Crippen LogP contribution in [0.5, 0.6) is 5.75 Å². The molecule has 1 amide bonds. The number of amides is 1. The van der Waals surface area contributed by atoms with Crippen molar-refractivity contribution in [3.05, 3.63) is 98.5 Å². The highest BCUT2D eigenvalue weighted by Crippen LogP contribution is 2.23. The van der Waals surface area contributed by atoms with Gasteiger partial charge in [-0.05, 0) is 60.2 Å². The molecule has 0 saturated heterocycles. The molecular formula is C21H15Cl3N2O2. The molecule has 0 heterocycles. The van der Waals surface area contributed by atoms with Crippen LogP contribution in [0.4, 0.5) is 0 Å². The second-order valence-electron chi connectivity index (χ2n) is 5.81. The number of benzene rings is 3. The first-order chi connectivity index (χ1) is 13.5. The van der Waals surface area contributed by atoms with Gasteiger partial charge in [0.05, 0.1) is 6.21 Å². The summed E-state index contributed by atoms with van der Waals surface area (Å²) >= 11 is 17.9. The van der Waals surface area contributed by atoms with Gasteiger partial charge in [0, 0.05) is 26.2 Å². The van der Waals surface area contributed by atoms with E-state index in [1.807, 2.05) is 18.2 Å². The maximum absolute atomic E-state index is 12.1. The first-order valence-electron chi connectivity index (χ1n) is 8.27. The Labute approximate surface area is 177 Å². The number of nitrogens with zero attached hydrogens (tertiary/aromatic N) is 1. The second-order valence-corrected chi connectivity index (χ2v) is 7.12. The van der Waals surface area contributed by atoms with Gasteiger partial charge in [-0.15, -0.1) is 0 Å². The van der Waals surface area contributed by atoms with E-state index in [1.165, 1.54) is 6.21 Å². The molecule has 0 atom stereocenters. The molecule has 7 heteroatoms. The highest BCUT2D eigenvalue weighted by molar-refractivity contribution is 6.31. The van der Waals surface area contributed by atoms with E-state index < -0.39 is 0 Å². The Kier molecular flexibility index (Phi) is 6.93. The largest absolute Gasteiger partial charge is 0.488 e. The topological polar surface area (TPSA) is 50.7 Å². The third kappa shape index (κ3) is 5.73. The van der Waals surface area contributed by atoms with Crippen molar-refractivity contribution in [2.75, 3.05) is 0 Å². The Morgan fingerprint density at radius 1 is 0.929 bits per heavy atom. The van der Waals surface area contributed by atoms with Crippen LogP contribution in [-0.4, -0.2) is 12.1 Å². The van der Waals surface area contributed by atoms with Crippen molar-refractivity contribution in [2.45, 2.75) is 6.61 Å². The van der Waals surface area contributed by atoms with Gasteiger partial charge in [0.2, 0.25) is 0 Å². The standard InChI is InChI=1S/C21H15Cl3N2O2/c22-17-6-4-15(5-7-17)21(27)26-25-12-16-11-19(24)8-9-20(16)28-13-14-2-1-3-18(23)10-14/h1-12H,13H2,(H,26,27)/b25-12-. The van der Waals surface area contributed by atoms with Gasteiger partial charge in [0.25, 0.3) is 5.91 Å². The summed E-state index contributed by atoms with van der Waals surface area (Å²) in [5.74, 6) is 0.227. The van der Waals surface area contributed by atoms with E-state index in [9.17, 15) is 4.79 Å². The Morgan fingerprint density at radius 3 is 2.39 bits per heavy atom. The molecule has 0 aliphatic carbocycles.